The fraction of sp³-hybridized carbons (Fsp3) is 0.182. The Balaban J connectivity index is 2.97. The number of nitrogens with two attached hydrogens (primary N) is 1. The Bertz CT molecular complexity index is 551. The molecule has 108 valence electrons. The van der Waals surface area contributed by atoms with Crippen LogP contribution in [0.25, 0.3) is 0 Å². The van der Waals surface area contributed by atoms with Crippen molar-refractivity contribution < 1.29 is 19.4 Å². The number of carboxylic acid groups (broad SMARTS) is 1. The van der Waals surface area contributed by atoms with Gasteiger partial charge >= 0.3 is 5.97 Å². The van der Waals surface area contributed by atoms with Gasteiger partial charge in [-0.2, -0.15) is 5.10 Å². The summed E-state index contributed by atoms with van der Waals surface area (Å²) in [5.41, 5.74) is 8.20. The van der Waals surface area contributed by atoms with Gasteiger partial charge in [-0.1, -0.05) is 11.6 Å². The first-order valence-corrected chi connectivity index (χ1v) is 6.03. The molecule has 7 nitrogen and oxygen atoms in total. The highest BCUT2D eigenvalue weighted by atomic mass is 35.5. The summed E-state index contributed by atoms with van der Waals surface area (Å²) in [4.78, 5) is 10.5. The van der Waals surface area contributed by atoms with E-state index in [1.54, 1.807) is 6.07 Å². The number of hydrogen-bond donors (Lipinski definition) is 3. The lowest BCUT2D eigenvalue weighted by Crippen LogP contribution is -2.23. The zero-order chi connectivity index (χ0) is 15.1. The number of hydrogen-bond acceptors (Lipinski definition) is 5. The van der Waals surface area contributed by atoms with Crippen LogP contribution in [-0.2, 0) is 4.79 Å². The average molecular weight is 318 g/mol. The van der Waals surface area contributed by atoms with E-state index in [0.29, 0.717) is 5.56 Å². The van der Waals surface area contributed by atoms with E-state index in [9.17, 15) is 4.79 Å². The normalized spacial score (nSPS) is 10.3. The molecule has 0 bridgehead atoms. The predicted octanol–water partition coefficient (Wildman–Crippen LogP) is 0.979. The zero-order valence-electron chi connectivity index (χ0n) is 10.4. The van der Waals surface area contributed by atoms with E-state index >= 15 is 0 Å². The van der Waals surface area contributed by atoms with Gasteiger partial charge in [0, 0.05) is 0 Å². The van der Waals surface area contributed by atoms with E-state index in [1.807, 2.05) is 0 Å². The lowest BCUT2D eigenvalue weighted by atomic mass is 10.2. The van der Waals surface area contributed by atoms with E-state index in [0.717, 1.165) is 0 Å². The van der Waals surface area contributed by atoms with Gasteiger partial charge in [-0.25, -0.2) is 4.79 Å². The highest BCUT2D eigenvalue weighted by molar-refractivity contribution is 7.80. The summed E-state index contributed by atoms with van der Waals surface area (Å²) < 4.78 is 10.2. The van der Waals surface area contributed by atoms with Crippen molar-refractivity contribution >= 4 is 41.1 Å². The van der Waals surface area contributed by atoms with Crippen LogP contribution in [0, 0.1) is 0 Å². The van der Waals surface area contributed by atoms with Crippen molar-refractivity contribution in [3.05, 3.63) is 22.7 Å². The van der Waals surface area contributed by atoms with Crippen molar-refractivity contribution in [2.75, 3.05) is 13.7 Å². The van der Waals surface area contributed by atoms with Crippen LogP contribution >= 0.6 is 23.8 Å². The van der Waals surface area contributed by atoms with Gasteiger partial charge < -0.3 is 20.3 Å². The maximum Gasteiger partial charge on any atom is 0.341 e. The number of nitrogens with one attached hydrogen (secondary N) is 1. The fourth-order valence-corrected chi connectivity index (χ4v) is 1.59. The third-order valence-corrected chi connectivity index (χ3v) is 2.35. The van der Waals surface area contributed by atoms with E-state index < -0.39 is 12.6 Å². The molecular weight excluding hydrogens is 306 g/mol. The van der Waals surface area contributed by atoms with Crippen LogP contribution in [-0.4, -0.2) is 36.1 Å². The van der Waals surface area contributed by atoms with Crippen LogP contribution in [0.5, 0.6) is 11.5 Å². The first-order chi connectivity index (χ1) is 9.43. The van der Waals surface area contributed by atoms with Crippen molar-refractivity contribution in [2.24, 2.45) is 10.8 Å². The summed E-state index contributed by atoms with van der Waals surface area (Å²) >= 11 is 10.6. The molecule has 0 aliphatic carbocycles. The number of carbonyl (C=O) groups is 1. The quantitative estimate of drug-likeness (QED) is 0.408. The van der Waals surface area contributed by atoms with Gasteiger partial charge in [0.1, 0.15) is 0 Å². The van der Waals surface area contributed by atoms with Crippen molar-refractivity contribution in [1.29, 1.82) is 0 Å². The number of ether oxygens (including phenoxy) is 2. The second-order valence-electron chi connectivity index (χ2n) is 3.45. The molecule has 0 unspecified atom stereocenters. The first-order valence-electron chi connectivity index (χ1n) is 5.24. The Hall–Kier alpha value is -2.06. The number of benzene rings is 1. The molecule has 0 amide bonds. The van der Waals surface area contributed by atoms with Gasteiger partial charge in [0.05, 0.1) is 18.3 Å². The minimum atomic E-state index is -1.12. The van der Waals surface area contributed by atoms with E-state index in [1.165, 1.54) is 19.4 Å². The van der Waals surface area contributed by atoms with Gasteiger partial charge in [0.25, 0.3) is 0 Å². The monoisotopic (exact) mass is 317 g/mol. The van der Waals surface area contributed by atoms with E-state index in [-0.39, 0.29) is 21.6 Å². The Kier molecular flexibility index (Phi) is 6.01. The second-order valence-corrected chi connectivity index (χ2v) is 4.30. The molecule has 20 heavy (non-hydrogen) atoms. The lowest BCUT2D eigenvalue weighted by Gasteiger charge is -2.11. The van der Waals surface area contributed by atoms with Gasteiger partial charge in [-0.05, 0) is 29.9 Å². The Morgan fingerprint density at radius 1 is 1.65 bits per heavy atom. The van der Waals surface area contributed by atoms with Crippen LogP contribution < -0.4 is 20.6 Å². The molecule has 4 N–H and O–H groups in total. The highest BCUT2D eigenvalue weighted by Gasteiger charge is 2.12. The topological polar surface area (TPSA) is 106 Å². The van der Waals surface area contributed by atoms with Gasteiger partial charge in [-0.15, -0.1) is 0 Å². The van der Waals surface area contributed by atoms with Crippen LogP contribution in [0.1, 0.15) is 5.56 Å². The number of halogens is 1. The molecule has 0 aliphatic rings. The highest BCUT2D eigenvalue weighted by Crippen LogP contribution is 2.35. The van der Waals surface area contributed by atoms with Crippen LogP contribution in [0.15, 0.2) is 17.2 Å². The Morgan fingerprint density at radius 2 is 2.35 bits per heavy atom. The van der Waals surface area contributed by atoms with E-state index in [4.69, 9.17) is 31.9 Å². The molecule has 0 heterocycles. The molecule has 9 heteroatoms. The number of methoxy groups -OCH3 is 1. The Labute approximate surface area is 125 Å². The number of carboxylic acids is 1. The fourth-order valence-electron chi connectivity index (χ4n) is 1.26. The summed E-state index contributed by atoms with van der Waals surface area (Å²) in [6.45, 7) is -0.521. The SMILES string of the molecule is COc1cc(/C=N/NC(N)=S)cc(Cl)c1OCC(=O)O. The number of hydrazone groups is 1. The smallest absolute Gasteiger partial charge is 0.341 e. The number of aliphatic carboxylic acids is 1. The van der Waals surface area contributed by atoms with Crippen LogP contribution in [0.3, 0.4) is 0 Å². The summed E-state index contributed by atoms with van der Waals surface area (Å²) in [6, 6.07) is 3.11. The largest absolute Gasteiger partial charge is 0.493 e. The number of rotatable bonds is 6. The van der Waals surface area contributed by atoms with Gasteiger partial charge in [0.2, 0.25) is 0 Å². The average Bonchev–Trinajstić information content (AvgIpc) is 2.36. The molecular formula is C11H12ClN3O4S. The third kappa shape index (κ3) is 4.90. The molecule has 0 saturated heterocycles. The van der Waals surface area contributed by atoms with E-state index in [2.05, 4.69) is 22.7 Å². The molecule has 0 saturated carbocycles. The van der Waals surface area contributed by atoms with Crippen molar-refractivity contribution in [3.8, 4) is 11.5 Å². The van der Waals surface area contributed by atoms with Crippen LogP contribution in [0.4, 0.5) is 0 Å². The summed E-state index contributed by atoms with van der Waals surface area (Å²) in [6.07, 6.45) is 1.43. The summed E-state index contributed by atoms with van der Waals surface area (Å²) in [7, 11) is 1.41. The predicted molar refractivity (Wildman–Crippen MR) is 78.6 cm³/mol. The molecule has 1 rings (SSSR count). The van der Waals surface area contributed by atoms with Gasteiger partial charge in [0.15, 0.2) is 23.2 Å². The molecule has 0 aliphatic heterocycles. The summed E-state index contributed by atoms with van der Waals surface area (Å²) in [5, 5.41) is 12.6. The van der Waals surface area contributed by atoms with Crippen molar-refractivity contribution in [2.45, 2.75) is 0 Å². The maximum atomic E-state index is 10.5. The zero-order valence-corrected chi connectivity index (χ0v) is 12.0. The standard InChI is InChI=1S/C11H12ClN3O4S/c1-18-8-3-6(4-14-15-11(13)20)2-7(12)10(8)19-5-9(16)17/h2-4H,5H2,1H3,(H,16,17)(H3,13,15,20)/b14-4+. The molecule has 0 aromatic heterocycles. The molecule has 1 aromatic rings. The minimum Gasteiger partial charge on any atom is -0.493 e. The molecule has 0 spiro atoms. The molecule has 0 fully saturated rings. The van der Waals surface area contributed by atoms with Crippen LogP contribution in [0.2, 0.25) is 5.02 Å². The molecule has 0 atom stereocenters. The minimum absolute atomic E-state index is 0.0284. The van der Waals surface area contributed by atoms with Gasteiger partial charge in [-0.3, -0.25) is 5.43 Å². The Morgan fingerprint density at radius 3 is 2.90 bits per heavy atom. The molecule has 1 aromatic carbocycles. The molecule has 0 radical (unpaired) electrons. The second kappa shape index (κ2) is 7.51. The third-order valence-electron chi connectivity index (χ3n) is 1.98. The number of thiocarbonyl (C=S) groups is 1. The van der Waals surface area contributed by atoms with Crippen molar-refractivity contribution in [3.63, 3.8) is 0 Å². The maximum absolute atomic E-state index is 10.5. The lowest BCUT2D eigenvalue weighted by molar-refractivity contribution is -0.139. The van der Waals surface area contributed by atoms with Crippen molar-refractivity contribution in [1.82, 2.24) is 5.43 Å². The first kappa shape index (κ1) is 16.0. The summed E-state index contributed by atoms with van der Waals surface area (Å²) in [5.74, 6) is -0.680. The number of nitrogens with zero attached hydrogens (tertiary/aromatic N) is 1.